The molecule has 26 heavy (non-hydrogen) atoms. The topological polar surface area (TPSA) is 78.9 Å². The lowest BCUT2D eigenvalue weighted by atomic mass is 9.85. The first-order chi connectivity index (χ1) is 12.4. The van der Waals surface area contributed by atoms with Gasteiger partial charge in [0.15, 0.2) is 0 Å². The molecule has 0 heterocycles. The Hall–Kier alpha value is -2.22. The standard InChI is InChI=1S/C18H22F2N2O4/c19-18(20)26-15-4-2-1-3-14(15)17(25)21-12-7-13(8-12)22(10-16(23)24)9-11-5-6-11/h1-4,11-13,18H,5-10H2,(H,21,25)(H,23,24). The van der Waals surface area contributed by atoms with Crippen LogP contribution in [0.25, 0.3) is 0 Å². The molecule has 6 nitrogen and oxygen atoms in total. The van der Waals surface area contributed by atoms with E-state index >= 15 is 0 Å². The van der Waals surface area contributed by atoms with Gasteiger partial charge in [-0.05, 0) is 43.7 Å². The number of benzene rings is 1. The van der Waals surface area contributed by atoms with Gasteiger partial charge in [-0.1, -0.05) is 12.1 Å². The maximum Gasteiger partial charge on any atom is 0.387 e. The van der Waals surface area contributed by atoms with E-state index < -0.39 is 18.5 Å². The number of halogens is 2. The Morgan fingerprint density at radius 1 is 1.27 bits per heavy atom. The fourth-order valence-corrected chi connectivity index (χ4v) is 3.27. The van der Waals surface area contributed by atoms with Gasteiger partial charge in [0.25, 0.3) is 5.91 Å². The van der Waals surface area contributed by atoms with Crippen molar-refractivity contribution < 1.29 is 28.2 Å². The number of carboxylic acid groups (broad SMARTS) is 1. The third kappa shape index (κ3) is 4.91. The lowest BCUT2D eigenvalue weighted by Gasteiger charge is -2.42. The average molecular weight is 368 g/mol. The van der Waals surface area contributed by atoms with Gasteiger partial charge >= 0.3 is 12.6 Å². The second kappa shape index (κ2) is 7.99. The van der Waals surface area contributed by atoms with E-state index in [-0.39, 0.29) is 29.9 Å². The van der Waals surface area contributed by atoms with E-state index in [0.717, 1.165) is 19.4 Å². The quantitative estimate of drug-likeness (QED) is 0.700. The first-order valence-corrected chi connectivity index (χ1v) is 8.73. The zero-order chi connectivity index (χ0) is 18.7. The number of carboxylic acids is 1. The van der Waals surface area contributed by atoms with Gasteiger partial charge in [-0.25, -0.2) is 0 Å². The molecule has 3 rings (SSSR count). The van der Waals surface area contributed by atoms with Gasteiger partial charge in [0, 0.05) is 18.6 Å². The van der Waals surface area contributed by atoms with Crippen LogP contribution in [0.5, 0.6) is 5.75 Å². The molecule has 2 aliphatic rings. The van der Waals surface area contributed by atoms with E-state index in [2.05, 4.69) is 10.1 Å². The molecule has 142 valence electrons. The number of alkyl halides is 2. The number of nitrogens with zero attached hydrogens (tertiary/aromatic N) is 1. The summed E-state index contributed by atoms with van der Waals surface area (Å²) in [5.74, 6) is -0.883. The molecule has 1 aromatic rings. The maximum absolute atomic E-state index is 12.4. The van der Waals surface area contributed by atoms with E-state index in [1.807, 2.05) is 4.90 Å². The normalized spacial score (nSPS) is 22.2. The highest BCUT2D eigenvalue weighted by molar-refractivity contribution is 5.97. The molecule has 1 aromatic carbocycles. The molecule has 8 heteroatoms. The van der Waals surface area contributed by atoms with Crippen molar-refractivity contribution in [3.05, 3.63) is 29.8 Å². The Morgan fingerprint density at radius 3 is 2.58 bits per heavy atom. The number of hydrogen-bond acceptors (Lipinski definition) is 4. The van der Waals surface area contributed by atoms with Crippen LogP contribution in [-0.2, 0) is 4.79 Å². The SMILES string of the molecule is O=C(O)CN(CC1CC1)C1CC(NC(=O)c2ccccc2OC(F)F)C1. The molecule has 0 radical (unpaired) electrons. The maximum atomic E-state index is 12.4. The fourth-order valence-electron chi connectivity index (χ4n) is 3.27. The minimum Gasteiger partial charge on any atom is -0.480 e. The van der Waals surface area contributed by atoms with Crippen LogP contribution in [0.4, 0.5) is 8.78 Å². The van der Waals surface area contributed by atoms with Crippen LogP contribution in [0.15, 0.2) is 24.3 Å². The second-order valence-corrected chi connectivity index (χ2v) is 6.94. The average Bonchev–Trinajstić information content (AvgIpc) is 3.33. The summed E-state index contributed by atoms with van der Waals surface area (Å²) in [6.07, 6.45) is 3.60. The summed E-state index contributed by atoms with van der Waals surface area (Å²) in [6, 6.07) is 5.91. The van der Waals surface area contributed by atoms with Crippen molar-refractivity contribution in [1.82, 2.24) is 10.2 Å². The Balaban J connectivity index is 1.53. The van der Waals surface area contributed by atoms with Crippen molar-refractivity contribution in [2.24, 2.45) is 5.92 Å². The highest BCUT2D eigenvalue weighted by atomic mass is 19.3. The number of hydrogen-bond donors (Lipinski definition) is 2. The zero-order valence-corrected chi connectivity index (χ0v) is 14.2. The predicted molar refractivity (Wildman–Crippen MR) is 89.3 cm³/mol. The van der Waals surface area contributed by atoms with Crippen LogP contribution in [0, 0.1) is 5.92 Å². The molecule has 0 bridgehead atoms. The lowest BCUT2D eigenvalue weighted by Crippen LogP contribution is -2.55. The smallest absolute Gasteiger partial charge is 0.387 e. The number of carbonyl (C=O) groups excluding carboxylic acids is 1. The van der Waals surface area contributed by atoms with Gasteiger partial charge in [-0.15, -0.1) is 0 Å². The van der Waals surface area contributed by atoms with Gasteiger partial charge in [-0.3, -0.25) is 14.5 Å². The van der Waals surface area contributed by atoms with Crippen molar-refractivity contribution in [2.45, 2.75) is 44.4 Å². The Morgan fingerprint density at radius 2 is 1.96 bits per heavy atom. The number of nitrogens with one attached hydrogen (secondary N) is 1. The van der Waals surface area contributed by atoms with Crippen LogP contribution < -0.4 is 10.1 Å². The molecule has 0 aromatic heterocycles. The Bertz CT molecular complexity index is 660. The minimum absolute atomic E-state index is 0.00684. The monoisotopic (exact) mass is 368 g/mol. The molecule has 2 fully saturated rings. The van der Waals surface area contributed by atoms with Gasteiger partial charge in [-0.2, -0.15) is 8.78 Å². The molecular formula is C18H22F2N2O4. The molecule has 0 saturated heterocycles. The molecule has 2 aliphatic carbocycles. The first-order valence-electron chi connectivity index (χ1n) is 8.73. The third-order valence-corrected chi connectivity index (χ3v) is 4.84. The molecule has 0 aliphatic heterocycles. The summed E-state index contributed by atoms with van der Waals surface area (Å²) in [5.41, 5.74) is 0.0663. The number of para-hydroxylation sites is 1. The number of amides is 1. The van der Waals surface area contributed by atoms with Gasteiger partial charge < -0.3 is 15.2 Å². The number of ether oxygens (including phenoxy) is 1. The zero-order valence-electron chi connectivity index (χ0n) is 14.2. The van der Waals surface area contributed by atoms with Crippen molar-refractivity contribution in [3.8, 4) is 5.75 Å². The van der Waals surface area contributed by atoms with Crippen molar-refractivity contribution >= 4 is 11.9 Å². The van der Waals surface area contributed by atoms with Crippen molar-refractivity contribution in [1.29, 1.82) is 0 Å². The summed E-state index contributed by atoms with van der Waals surface area (Å²) in [7, 11) is 0. The fraction of sp³-hybridized carbons (Fsp3) is 0.556. The number of rotatable bonds is 9. The molecule has 0 unspecified atom stereocenters. The number of aliphatic carboxylic acids is 1. The lowest BCUT2D eigenvalue weighted by molar-refractivity contribution is -0.139. The van der Waals surface area contributed by atoms with E-state index in [4.69, 9.17) is 5.11 Å². The van der Waals surface area contributed by atoms with Gasteiger partial charge in [0.2, 0.25) is 0 Å². The molecule has 1 amide bonds. The second-order valence-electron chi connectivity index (χ2n) is 6.94. The van der Waals surface area contributed by atoms with Gasteiger partial charge in [0.1, 0.15) is 5.75 Å². The summed E-state index contributed by atoms with van der Waals surface area (Å²) in [4.78, 5) is 25.4. The first kappa shape index (κ1) is 18.6. The van der Waals surface area contributed by atoms with Crippen molar-refractivity contribution in [2.75, 3.05) is 13.1 Å². The number of carbonyl (C=O) groups is 2. The molecule has 0 spiro atoms. The van der Waals surface area contributed by atoms with Crippen LogP contribution in [0.2, 0.25) is 0 Å². The van der Waals surface area contributed by atoms with Crippen LogP contribution in [-0.4, -0.2) is 53.7 Å². The van der Waals surface area contributed by atoms with E-state index in [1.54, 1.807) is 6.07 Å². The van der Waals surface area contributed by atoms with E-state index in [9.17, 15) is 18.4 Å². The van der Waals surface area contributed by atoms with E-state index in [0.29, 0.717) is 18.8 Å². The summed E-state index contributed by atoms with van der Waals surface area (Å²) < 4.78 is 29.3. The van der Waals surface area contributed by atoms with Crippen LogP contribution in [0.1, 0.15) is 36.0 Å². The third-order valence-electron chi connectivity index (χ3n) is 4.84. The Kier molecular flexibility index (Phi) is 5.70. The van der Waals surface area contributed by atoms with Crippen molar-refractivity contribution in [3.63, 3.8) is 0 Å². The molecule has 2 saturated carbocycles. The molecule has 2 N–H and O–H groups in total. The predicted octanol–water partition coefficient (Wildman–Crippen LogP) is 2.35. The van der Waals surface area contributed by atoms with Crippen LogP contribution in [0.3, 0.4) is 0 Å². The molecular weight excluding hydrogens is 346 g/mol. The molecule has 0 atom stereocenters. The minimum atomic E-state index is -3.00. The van der Waals surface area contributed by atoms with Gasteiger partial charge in [0.05, 0.1) is 12.1 Å². The summed E-state index contributed by atoms with van der Waals surface area (Å²) in [6.45, 7) is -2.21. The largest absolute Gasteiger partial charge is 0.480 e. The highest BCUT2D eigenvalue weighted by Gasteiger charge is 2.38. The highest BCUT2D eigenvalue weighted by Crippen LogP contribution is 2.34. The summed E-state index contributed by atoms with van der Waals surface area (Å²) in [5, 5.41) is 11.9. The Labute approximate surface area is 150 Å². The summed E-state index contributed by atoms with van der Waals surface area (Å²) >= 11 is 0. The van der Waals surface area contributed by atoms with E-state index in [1.165, 1.54) is 18.2 Å². The van der Waals surface area contributed by atoms with Crippen LogP contribution >= 0.6 is 0 Å².